The van der Waals surface area contributed by atoms with Gasteiger partial charge in [-0.05, 0) is 32.6 Å². The third-order valence-corrected chi connectivity index (χ3v) is 5.24. The fraction of sp³-hybridized carbons (Fsp3) is 0.714. The summed E-state index contributed by atoms with van der Waals surface area (Å²) < 4.78 is 1.58. The summed E-state index contributed by atoms with van der Waals surface area (Å²) in [6.45, 7) is 7.37. The van der Waals surface area contributed by atoms with Crippen LogP contribution in [0.3, 0.4) is 0 Å². The molecule has 1 aliphatic heterocycles. The molecule has 0 aromatic carbocycles. The van der Waals surface area contributed by atoms with Crippen LogP contribution in [0.2, 0.25) is 0 Å². The second-order valence-corrected chi connectivity index (χ2v) is 6.87. The van der Waals surface area contributed by atoms with Crippen molar-refractivity contribution in [3.63, 3.8) is 0 Å². The normalized spacial score (nSPS) is 23.1. The molecule has 1 saturated heterocycles. The Balaban J connectivity index is 2.13. The molecule has 112 valence electrons. The quantitative estimate of drug-likeness (QED) is 0.909. The molecule has 2 N–H and O–H groups in total. The first-order chi connectivity index (χ1) is 9.43. The lowest BCUT2D eigenvalue weighted by molar-refractivity contribution is -0.136. The van der Waals surface area contributed by atoms with Crippen molar-refractivity contribution in [2.75, 3.05) is 13.1 Å². The summed E-state index contributed by atoms with van der Waals surface area (Å²) in [6.07, 6.45) is 1.97. The van der Waals surface area contributed by atoms with Gasteiger partial charge in [-0.3, -0.25) is 14.2 Å². The first-order valence-electron chi connectivity index (χ1n) is 7.10. The van der Waals surface area contributed by atoms with Gasteiger partial charge in [0, 0.05) is 29.7 Å². The maximum Gasteiger partial charge on any atom is 0.308 e. The van der Waals surface area contributed by atoms with E-state index in [-0.39, 0.29) is 23.4 Å². The van der Waals surface area contributed by atoms with Crippen LogP contribution in [0.25, 0.3) is 0 Å². The number of likely N-dealkylation sites (tertiary alicyclic amines) is 1. The predicted octanol–water partition coefficient (Wildman–Crippen LogP) is 1.11. The highest BCUT2D eigenvalue weighted by Crippen LogP contribution is 2.22. The minimum absolute atomic E-state index is 0.00958. The number of hydrogen-bond donors (Lipinski definition) is 1. The smallest absolute Gasteiger partial charge is 0.308 e. The van der Waals surface area contributed by atoms with E-state index in [0.29, 0.717) is 12.5 Å². The van der Waals surface area contributed by atoms with E-state index in [1.54, 1.807) is 4.57 Å². The summed E-state index contributed by atoms with van der Waals surface area (Å²) in [5.41, 5.74) is 6.68. The van der Waals surface area contributed by atoms with Crippen molar-refractivity contribution in [2.45, 2.75) is 46.2 Å². The van der Waals surface area contributed by atoms with Crippen LogP contribution in [0, 0.1) is 19.8 Å². The van der Waals surface area contributed by atoms with Crippen LogP contribution in [-0.2, 0) is 11.3 Å². The number of rotatable bonds is 3. The molecular formula is C14H23N3O2S. The number of aryl methyl sites for hydroxylation is 1. The molecule has 2 unspecified atom stereocenters. The number of carbonyl (C=O) groups excluding carboxylic acids is 1. The van der Waals surface area contributed by atoms with Crippen molar-refractivity contribution in [1.29, 1.82) is 0 Å². The minimum atomic E-state index is -0.0528. The van der Waals surface area contributed by atoms with Gasteiger partial charge in [-0.1, -0.05) is 18.3 Å². The Morgan fingerprint density at radius 1 is 1.45 bits per heavy atom. The number of nitrogens with zero attached hydrogens (tertiary/aromatic N) is 2. The Bertz CT molecular complexity index is 549. The number of aromatic nitrogens is 1. The Kier molecular flexibility index (Phi) is 4.65. The van der Waals surface area contributed by atoms with Crippen LogP contribution in [0.15, 0.2) is 4.79 Å². The average Bonchev–Trinajstić information content (AvgIpc) is 2.65. The van der Waals surface area contributed by atoms with Crippen molar-refractivity contribution in [1.82, 2.24) is 9.47 Å². The van der Waals surface area contributed by atoms with Crippen molar-refractivity contribution < 1.29 is 4.79 Å². The molecule has 0 saturated carbocycles. The van der Waals surface area contributed by atoms with Gasteiger partial charge in [0.05, 0.1) is 0 Å². The van der Waals surface area contributed by atoms with Crippen LogP contribution >= 0.6 is 11.3 Å². The summed E-state index contributed by atoms with van der Waals surface area (Å²) in [5, 5.41) is 0. The molecule has 1 aromatic rings. The van der Waals surface area contributed by atoms with Crippen molar-refractivity contribution in [3.05, 3.63) is 20.2 Å². The van der Waals surface area contributed by atoms with E-state index in [4.69, 9.17) is 5.73 Å². The van der Waals surface area contributed by atoms with Gasteiger partial charge in [0.25, 0.3) is 0 Å². The predicted molar refractivity (Wildman–Crippen MR) is 81.0 cm³/mol. The molecule has 0 bridgehead atoms. The second-order valence-electron chi connectivity index (χ2n) is 5.70. The van der Waals surface area contributed by atoms with Gasteiger partial charge in [0.2, 0.25) is 5.91 Å². The minimum Gasteiger partial charge on any atom is -0.337 e. The topological polar surface area (TPSA) is 68.3 Å². The average molecular weight is 297 g/mol. The number of carbonyl (C=O) groups is 1. The molecule has 2 heterocycles. The van der Waals surface area contributed by atoms with Gasteiger partial charge in [-0.15, -0.1) is 0 Å². The Morgan fingerprint density at radius 2 is 2.15 bits per heavy atom. The summed E-state index contributed by atoms with van der Waals surface area (Å²) in [4.78, 5) is 27.1. The van der Waals surface area contributed by atoms with E-state index in [2.05, 4.69) is 6.92 Å². The highest BCUT2D eigenvalue weighted by Gasteiger charge is 2.29. The summed E-state index contributed by atoms with van der Waals surface area (Å²) in [7, 11) is 0. The molecule has 2 rings (SSSR count). The molecule has 20 heavy (non-hydrogen) atoms. The lowest BCUT2D eigenvalue weighted by Gasteiger charge is -2.38. The van der Waals surface area contributed by atoms with Gasteiger partial charge >= 0.3 is 4.87 Å². The number of hydrogen-bond acceptors (Lipinski definition) is 4. The van der Waals surface area contributed by atoms with Crippen LogP contribution in [0.4, 0.5) is 0 Å². The zero-order valence-electron chi connectivity index (χ0n) is 12.4. The van der Waals surface area contributed by atoms with E-state index in [1.807, 2.05) is 18.7 Å². The highest BCUT2D eigenvalue weighted by molar-refractivity contribution is 7.09. The van der Waals surface area contributed by atoms with Crippen molar-refractivity contribution >= 4 is 17.2 Å². The molecular weight excluding hydrogens is 274 g/mol. The monoisotopic (exact) mass is 297 g/mol. The molecule has 0 aliphatic carbocycles. The van der Waals surface area contributed by atoms with Crippen LogP contribution in [-0.4, -0.2) is 34.5 Å². The Labute approximate surface area is 123 Å². The largest absolute Gasteiger partial charge is 0.337 e. The van der Waals surface area contributed by atoms with E-state index >= 15 is 0 Å². The molecule has 1 fully saturated rings. The van der Waals surface area contributed by atoms with Gasteiger partial charge in [0.1, 0.15) is 6.54 Å². The lowest BCUT2D eigenvalue weighted by Crippen LogP contribution is -2.50. The van der Waals surface area contributed by atoms with Crippen LogP contribution in [0.5, 0.6) is 0 Å². The van der Waals surface area contributed by atoms with E-state index in [1.165, 1.54) is 11.3 Å². The lowest BCUT2D eigenvalue weighted by atomic mass is 9.92. The fourth-order valence-corrected chi connectivity index (χ4v) is 3.63. The van der Waals surface area contributed by atoms with Crippen molar-refractivity contribution in [2.24, 2.45) is 11.7 Å². The number of thiazole rings is 1. The van der Waals surface area contributed by atoms with Crippen LogP contribution < -0.4 is 10.6 Å². The third-order valence-electron chi connectivity index (χ3n) is 4.24. The Hall–Kier alpha value is -1.14. The second kappa shape index (κ2) is 6.10. The molecule has 2 atom stereocenters. The van der Waals surface area contributed by atoms with Gasteiger partial charge in [-0.2, -0.15) is 0 Å². The molecule has 0 spiro atoms. The molecule has 5 nitrogen and oxygen atoms in total. The van der Waals surface area contributed by atoms with Crippen LogP contribution in [0.1, 0.15) is 30.3 Å². The molecule has 0 radical (unpaired) electrons. The first-order valence-corrected chi connectivity index (χ1v) is 7.92. The third kappa shape index (κ3) is 2.96. The van der Waals surface area contributed by atoms with E-state index in [0.717, 1.165) is 30.0 Å². The molecule has 1 aliphatic rings. The summed E-state index contributed by atoms with van der Waals surface area (Å²) in [6, 6.07) is 0.113. The fourth-order valence-electron chi connectivity index (χ4n) is 2.80. The maximum atomic E-state index is 12.5. The maximum absolute atomic E-state index is 12.5. The van der Waals surface area contributed by atoms with Gasteiger partial charge in [-0.25, -0.2) is 0 Å². The van der Waals surface area contributed by atoms with E-state index in [9.17, 15) is 9.59 Å². The highest BCUT2D eigenvalue weighted by atomic mass is 32.1. The van der Waals surface area contributed by atoms with Gasteiger partial charge < -0.3 is 10.6 Å². The molecule has 1 amide bonds. The first kappa shape index (κ1) is 15.3. The summed E-state index contributed by atoms with van der Waals surface area (Å²) in [5.74, 6) is 0.621. The molecule has 1 aromatic heterocycles. The Morgan fingerprint density at radius 3 is 2.70 bits per heavy atom. The standard InChI is InChI=1S/C14H23N3O2S/c1-9-4-5-16(12(6-9)7-15)13(18)8-17-10(2)11(3)20-14(17)19/h9,12H,4-8,15H2,1-3H3. The van der Waals surface area contributed by atoms with E-state index < -0.39 is 0 Å². The zero-order chi connectivity index (χ0) is 14.9. The summed E-state index contributed by atoms with van der Waals surface area (Å²) >= 11 is 1.20. The SMILES string of the molecule is Cc1sc(=O)n(CC(=O)N2CCC(C)CC2CN)c1C. The van der Waals surface area contributed by atoms with Gasteiger partial charge in [0.15, 0.2) is 0 Å². The van der Waals surface area contributed by atoms with Crippen molar-refractivity contribution in [3.8, 4) is 0 Å². The number of piperidine rings is 1. The number of nitrogens with two attached hydrogens (primary N) is 1. The molecule has 6 heteroatoms. The zero-order valence-corrected chi connectivity index (χ0v) is 13.2. The number of amides is 1.